The molecule has 0 spiro atoms. The van der Waals surface area contributed by atoms with Gasteiger partial charge in [0.1, 0.15) is 0 Å². The second-order valence-electron chi connectivity index (χ2n) is 7.40. The largest absolute Gasteiger partial charge is 0.481 e. The maximum Gasteiger partial charge on any atom is 0.303 e. The summed E-state index contributed by atoms with van der Waals surface area (Å²) in [4.78, 5) is 10.6. The number of hydrogen-bond donors (Lipinski definition) is 1. The predicted molar refractivity (Wildman–Crippen MR) is 115 cm³/mol. The topological polar surface area (TPSA) is 37.3 Å². The zero-order valence-corrected chi connectivity index (χ0v) is 18.0. The van der Waals surface area contributed by atoms with Crippen molar-refractivity contribution in [3.63, 3.8) is 0 Å². The molecule has 0 bridgehead atoms. The average Bonchev–Trinajstić information content (AvgIpc) is 2.57. The van der Waals surface area contributed by atoms with Crippen LogP contribution in [0.2, 0.25) is 0 Å². The minimum atomic E-state index is -0.661. The fraction of sp³-hybridized carbons (Fsp3) is 0.682. The van der Waals surface area contributed by atoms with Crippen LogP contribution >= 0.6 is 22.6 Å². The molecule has 0 heterocycles. The van der Waals surface area contributed by atoms with Gasteiger partial charge in [0.2, 0.25) is 0 Å². The summed E-state index contributed by atoms with van der Waals surface area (Å²) < 4.78 is 1.32. The molecule has 0 radical (unpaired) electrons. The molecule has 0 fully saturated rings. The fourth-order valence-electron chi connectivity index (χ4n) is 3.29. The molecule has 1 aromatic rings. The lowest BCUT2D eigenvalue weighted by Crippen LogP contribution is -2.03. The summed E-state index contributed by atoms with van der Waals surface area (Å²) in [5.41, 5.74) is 1.47. The number of aryl methyl sites for hydroxylation is 1. The molecule has 1 unspecified atom stereocenters. The van der Waals surface area contributed by atoms with Gasteiger partial charge in [-0.1, -0.05) is 83.3 Å². The van der Waals surface area contributed by atoms with Crippen LogP contribution in [0.15, 0.2) is 24.3 Å². The molecule has 1 aromatic carbocycles. The van der Waals surface area contributed by atoms with Crippen molar-refractivity contribution in [2.75, 3.05) is 0 Å². The number of aliphatic carboxylic acids is 1. The third-order valence-electron chi connectivity index (χ3n) is 4.85. The van der Waals surface area contributed by atoms with E-state index >= 15 is 0 Å². The molecule has 1 atom stereocenters. The summed E-state index contributed by atoms with van der Waals surface area (Å²) in [6.45, 7) is 2.05. The van der Waals surface area contributed by atoms with Crippen LogP contribution in [0.5, 0.6) is 0 Å². The van der Waals surface area contributed by atoms with Crippen molar-refractivity contribution in [1.82, 2.24) is 0 Å². The van der Waals surface area contributed by atoms with Crippen LogP contribution in [-0.2, 0) is 11.2 Å². The zero-order chi connectivity index (χ0) is 18.3. The zero-order valence-electron chi connectivity index (χ0n) is 15.8. The maximum atomic E-state index is 10.6. The summed E-state index contributed by atoms with van der Waals surface area (Å²) in [5.74, 6) is -0.331. The molecular weight excluding hydrogens is 419 g/mol. The SMILES string of the molecule is CC(CCCCCCCCCCCCc1ccc([123I])cc1)CC(=O)O. The Bertz CT molecular complexity index is 456. The Labute approximate surface area is 167 Å². The molecule has 1 rings (SSSR count). The molecule has 0 saturated carbocycles. The number of carboxylic acid groups (broad SMARTS) is 1. The Morgan fingerprint density at radius 1 is 0.880 bits per heavy atom. The van der Waals surface area contributed by atoms with E-state index in [-0.39, 0.29) is 0 Å². The van der Waals surface area contributed by atoms with Gasteiger partial charge in [-0.3, -0.25) is 4.79 Å². The van der Waals surface area contributed by atoms with Crippen molar-refractivity contribution in [2.45, 2.75) is 90.4 Å². The number of benzene rings is 1. The first-order valence-corrected chi connectivity index (χ1v) is 11.1. The monoisotopic (exact) mass is 454 g/mol. The summed E-state index contributed by atoms with van der Waals surface area (Å²) in [7, 11) is 0. The van der Waals surface area contributed by atoms with Gasteiger partial charge in [0, 0.05) is 9.99 Å². The highest BCUT2D eigenvalue weighted by Crippen LogP contribution is 2.16. The van der Waals surface area contributed by atoms with Crippen molar-refractivity contribution in [3.8, 4) is 0 Å². The fourth-order valence-corrected chi connectivity index (χ4v) is 3.65. The quantitative estimate of drug-likeness (QED) is 0.224. The molecule has 0 aliphatic rings. The van der Waals surface area contributed by atoms with Gasteiger partial charge in [-0.25, -0.2) is 0 Å². The van der Waals surface area contributed by atoms with E-state index in [1.807, 2.05) is 6.92 Å². The Morgan fingerprint density at radius 2 is 1.36 bits per heavy atom. The van der Waals surface area contributed by atoms with Crippen LogP contribution in [0, 0.1) is 9.49 Å². The number of halogens is 1. The molecular formula is C22H35IO2. The van der Waals surface area contributed by atoms with E-state index in [4.69, 9.17) is 5.11 Å². The van der Waals surface area contributed by atoms with E-state index < -0.39 is 5.97 Å². The first-order valence-electron chi connectivity index (χ1n) is 10.0. The van der Waals surface area contributed by atoms with Crippen molar-refractivity contribution in [3.05, 3.63) is 33.4 Å². The summed E-state index contributed by atoms with van der Waals surface area (Å²) in [5, 5.41) is 8.73. The van der Waals surface area contributed by atoms with Gasteiger partial charge in [-0.2, -0.15) is 0 Å². The van der Waals surface area contributed by atoms with E-state index in [1.165, 1.54) is 79.8 Å². The minimum absolute atomic E-state index is 0.323. The van der Waals surface area contributed by atoms with Crippen LogP contribution in [0.3, 0.4) is 0 Å². The molecule has 2 nitrogen and oxygen atoms in total. The van der Waals surface area contributed by atoms with Crippen LogP contribution in [0.4, 0.5) is 0 Å². The van der Waals surface area contributed by atoms with Crippen molar-refractivity contribution >= 4 is 28.6 Å². The van der Waals surface area contributed by atoms with Crippen molar-refractivity contribution < 1.29 is 9.90 Å². The lowest BCUT2D eigenvalue weighted by Gasteiger charge is -2.08. The number of carboxylic acids is 1. The Balaban J connectivity index is 1.81. The Morgan fingerprint density at radius 3 is 1.88 bits per heavy atom. The van der Waals surface area contributed by atoms with Gasteiger partial charge in [0.15, 0.2) is 0 Å². The molecule has 142 valence electrons. The lowest BCUT2D eigenvalue weighted by atomic mass is 9.99. The van der Waals surface area contributed by atoms with E-state index in [0.717, 1.165) is 6.42 Å². The smallest absolute Gasteiger partial charge is 0.303 e. The number of rotatable bonds is 15. The average molecular weight is 454 g/mol. The van der Waals surface area contributed by atoms with Crippen LogP contribution in [0.1, 0.15) is 89.5 Å². The van der Waals surface area contributed by atoms with Gasteiger partial charge >= 0.3 is 5.97 Å². The highest BCUT2D eigenvalue weighted by molar-refractivity contribution is 14.1. The van der Waals surface area contributed by atoms with Crippen molar-refractivity contribution in [1.29, 1.82) is 0 Å². The molecule has 0 saturated heterocycles. The number of unbranched alkanes of at least 4 members (excludes halogenated alkanes) is 9. The third kappa shape index (κ3) is 13.3. The van der Waals surface area contributed by atoms with Crippen LogP contribution in [-0.4, -0.2) is 11.1 Å². The standard InChI is InChI=1S/C22H35IO2/c1-19(18-22(24)25)12-10-8-6-4-2-3-5-7-9-11-13-20-14-16-21(23)17-15-20/h14-17,19H,2-13,18H2,1H3,(H,24,25)/i23-4. The second kappa shape index (κ2) is 14.6. The molecule has 0 aliphatic heterocycles. The number of carbonyl (C=O) groups is 1. The van der Waals surface area contributed by atoms with E-state index in [9.17, 15) is 4.79 Å². The molecule has 0 aliphatic carbocycles. The van der Waals surface area contributed by atoms with Gasteiger partial charge in [-0.05, 0) is 59.0 Å². The third-order valence-corrected chi connectivity index (χ3v) is 5.57. The first-order chi connectivity index (χ1) is 12.1. The summed E-state index contributed by atoms with van der Waals surface area (Å²) in [6.07, 6.45) is 15.9. The van der Waals surface area contributed by atoms with E-state index in [2.05, 4.69) is 46.9 Å². The lowest BCUT2D eigenvalue weighted by molar-refractivity contribution is -0.138. The minimum Gasteiger partial charge on any atom is -0.481 e. The van der Waals surface area contributed by atoms with E-state index in [0.29, 0.717) is 12.3 Å². The molecule has 3 heteroatoms. The molecule has 1 N–H and O–H groups in total. The van der Waals surface area contributed by atoms with Crippen LogP contribution in [0.25, 0.3) is 0 Å². The van der Waals surface area contributed by atoms with Crippen molar-refractivity contribution in [2.24, 2.45) is 5.92 Å². The highest BCUT2D eigenvalue weighted by Gasteiger charge is 2.06. The normalized spacial score (nSPS) is 12.2. The highest BCUT2D eigenvalue weighted by atomic mass is 123. The van der Waals surface area contributed by atoms with Gasteiger partial charge in [-0.15, -0.1) is 0 Å². The molecule has 0 amide bonds. The van der Waals surface area contributed by atoms with Gasteiger partial charge in [0.25, 0.3) is 0 Å². The molecule has 0 aromatic heterocycles. The first kappa shape index (κ1) is 22.5. The second-order valence-corrected chi connectivity index (χ2v) is 8.65. The summed E-state index contributed by atoms with van der Waals surface area (Å²) >= 11 is 2.36. The van der Waals surface area contributed by atoms with Gasteiger partial charge < -0.3 is 5.11 Å². The van der Waals surface area contributed by atoms with Crippen LogP contribution < -0.4 is 0 Å². The number of hydrogen-bond acceptors (Lipinski definition) is 1. The summed E-state index contributed by atoms with van der Waals surface area (Å²) in [6, 6.07) is 8.90. The Hall–Kier alpha value is -0.580. The maximum absolute atomic E-state index is 10.6. The molecule has 25 heavy (non-hydrogen) atoms. The van der Waals surface area contributed by atoms with E-state index in [1.54, 1.807) is 0 Å². The predicted octanol–water partition coefficient (Wildman–Crippen LogP) is 7.24. The Kier molecular flexibility index (Phi) is 13.1. The van der Waals surface area contributed by atoms with Gasteiger partial charge in [0.05, 0.1) is 0 Å².